The number of benzene rings is 1. The summed E-state index contributed by atoms with van der Waals surface area (Å²) in [4.78, 5) is 0. The molecule has 1 aliphatic heterocycles. The average Bonchev–Trinajstić information content (AvgIpc) is 2.95. The van der Waals surface area contributed by atoms with Crippen molar-refractivity contribution in [3.8, 4) is 11.5 Å². The number of furan rings is 1. The van der Waals surface area contributed by atoms with E-state index in [1.807, 2.05) is 12.1 Å². The van der Waals surface area contributed by atoms with Crippen molar-refractivity contribution in [3.63, 3.8) is 0 Å². The molecule has 2 heterocycles. The van der Waals surface area contributed by atoms with E-state index in [1.54, 1.807) is 18.6 Å². The highest BCUT2D eigenvalue weighted by Gasteiger charge is 2.16. The summed E-state index contributed by atoms with van der Waals surface area (Å²) in [5, 5.41) is 3.83. The molecule has 0 fully saturated rings. The largest absolute Gasteiger partial charge is 0.472 e. The Kier molecular flexibility index (Phi) is 2.57. The highest BCUT2D eigenvalue weighted by Crippen LogP contribution is 2.39. The van der Waals surface area contributed by atoms with Crippen LogP contribution >= 0.6 is 11.6 Å². The SMILES string of the molecule is Clc1cc2c(cc1NCc1ccoc1)OCO2. The van der Waals surface area contributed by atoms with Crippen LogP contribution < -0.4 is 14.8 Å². The molecule has 17 heavy (non-hydrogen) atoms. The van der Waals surface area contributed by atoms with E-state index in [4.69, 9.17) is 25.5 Å². The zero-order valence-electron chi connectivity index (χ0n) is 8.90. The van der Waals surface area contributed by atoms with Gasteiger partial charge in [-0.3, -0.25) is 0 Å². The second-order valence-corrected chi connectivity index (χ2v) is 4.08. The maximum atomic E-state index is 6.13. The van der Waals surface area contributed by atoms with Gasteiger partial charge in [-0.05, 0) is 6.07 Å². The smallest absolute Gasteiger partial charge is 0.231 e. The van der Waals surface area contributed by atoms with Crippen molar-refractivity contribution in [1.82, 2.24) is 0 Å². The van der Waals surface area contributed by atoms with Crippen molar-refractivity contribution in [1.29, 1.82) is 0 Å². The predicted molar refractivity (Wildman–Crippen MR) is 63.6 cm³/mol. The van der Waals surface area contributed by atoms with Gasteiger partial charge >= 0.3 is 0 Å². The summed E-state index contributed by atoms with van der Waals surface area (Å²) in [6, 6.07) is 5.49. The van der Waals surface area contributed by atoms with Gasteiger partial charge in [-0.25, -0.2) is 0 Å². The standard InChI is InChI=1S/C12H10ClNO3/c13-9-3-11-12(17-7-16-11)4-10(9)14-5-8-1-2-15-6-8/h1-4,6,14H,5,7H2. The molecule has 1 aromatic heterocycles. The average molecular weight is 252 g/mol. The van der Waals surface area contributed by atoms with Crippen molar-refractivity contribution in [2.45, 2.75) is 6.54 Å². The van der Waals surface area contributed by atoms with Crippen LogP contribution in [0.15, 0.2) is 35.1 Å². The van der Waals surface area contributed by atoms with Gasteiger partial charge < -0.3 is 19.2 Å². The molecule has 0 atom stereocenters. The summed E-state index contributed by atoms with van der Waals surface area (Å²) in [5.41, 5.74) is 1.87. The van der Waals surface area contributed by atoms with Crippen molar-refractivity contribution in [3.05, 3.63) is 41.3 Å². The predicted octanol–water partition coefficient (Wildman–Crippen LogP) is 3.27. The first-order chi connectivity index (χ1) is 8.33. The van der Waals surface area contributed by atoms with Gasteiger partial charge in [0.15, 0.2) is 11.5 Å². The molecule has 0 saturated carbocycles. The Labute approximate surface area is 103 Å². The monoisotopic (exact) mass is 251 g/mol. The van der Waals surface area contributed by atoms with Crippen LogP contribution in [0.4, 0.5) is 5.69 Å². The molecule has 0 spiro atoms. The molecule has 0 unspecified atom stereocenters. The Hall–Kier alpha value is -1.81. The quantitative estimate of drug-likeness (QED) is 0.909. The molecule has 3 rings (SSSR count). The number of fused-ring (bicyclic) bond motifs is 1. The van der Waals surface area contributed by atoms with Crippen LogP contribution in [0.2, 0.25) is 5.02 Å². The Morgan fingerprint density at radius 1 is 1.24 bits per heavy atom. The topological polar surface area (TPSA) is 43.6 Å². The summed E-state index contributed by atoms with van der Waals surface area (Å²) in [7, 11) is 0. The number of rotatable bonds is 3. The van der Waals surface area contributed by atoms with E-state index in [0.717, 1.165) is 11.3 Å². The summed E-state index contributed by atoms with van der Waals surface area (Å²) in [6.45, 7) is 0.896. The normalized spacial score (nSPS) is 12.8. The molecule has 5 heteroatoms. The van der Waals surface area contributed by atoms with Crippen LogP contribution in [0, 0.1) is 0 Å². The van der Waals surface area contributed by atoms with Gasteiger partial charge in [0.1, 0.15) is 0 Å². The van der Waals surface area contributed by atoms with Gasteiger partial charge in [0.2, 0.25) is 6.79 Å². The maximum absolute atomic E-state index is 6.13. The third-order valence-electron chi connectivity index (χ3n) is 2.53. The molecule has 4 nitrogen and oxygen atoms in total. The first kappa shape index (κ1) is 10.4. The molecule has 0 amide bonds. The fraction of sp³-hybridized carbons (Fsp3) is 0.167. The Bertz CT molecular complexity index is 525. The minimum atomic E-state index is 0.247. The van der Waals surface area contributed by atoms with E-state index in [1.165, 1.54) is 0 Å². The van der Waals surface area contributed by atoms with Crippen LogP contribution in [0.3, 0.4) is 0 Å². The molecule has 1 aromatic carbocycles. The van der Waals surface area contributed by atoms with Gasteiger partial charge in [-0.1, -0.05) is 11.6 Å². The summed E-state index contributed by atoms with van der Waals surface area (Å²) in [6.07, 6.45) is 3.33. The van der Waals surface area contributed by atoms with E-state index in [-0.39, 0.29) is 6.79 Å². The minimum absolute atomic E-state index is 0.247. The Morgan fingerprint density at radius 3 is 2.82 bits per heavy atom. The molecule has 1 N–H and O–H groups in total. The molecule has 88 valence electrons. The Balaban J connectivity index is 1.79. The lowest BCUT2D eigenvalue weighted by atomic mass is 10.2. The number of ether oxygens (including phenoxy) is 2. The molecule has 0 radical (unpaired) electrons. The second kappa shape index (κ2) is 4.22. The van der Waals surface area contributed by atoms with Crippen LogP contribution in [0.25, 0.3) is 0 Å². The zero-order chi connectivity index (χ0) is 11.7. The van der Waals surface area contributed by atoms with Crippen LogP contribution in [-0.4, -0.2) is 6.79 Å². The molecule has 2 aromatic rings. The van der Waals surface area contributed by atoms with Crippen LogP contribution in [-0.2, 0) is 6.54 Å². The van der Waals surface area contributed by atoms with Gasteiger partial charge in [0, 0.05) is 24.2 Å². The molecule has 0 saturated heterocycles. The van der Waals surface area contributed by atoms with Gasteiger partial charge in [-0.15, -0.1) is 0 Å². The van der Waals surface area contributed by atoms with Crippen LogP contribution in [0.5, 0.6) is 11.5 Å². The minimum Gasteiger partial charge on any atom is -0.472 e. The van der Waals surface area contributed by atoms with E-state index in [2.05, 4.69) is 5.32 Å². The lowest BCUT2D eigenvalue weighted by Crippen LogP contribution is -1.98. The second-order valence-electron chi connectivity index (χ2n) is 3.67. The number of halogens is 1. The van der Waals surface area contributed by atoms with Crippen molar-refractivity contribution < 1.29 is 13.9 Å². The fourth-order valence-corrected chi connectivity index (χ4v) is 1.86. The third kappa shape index (κ3) is 2.03. The molecular formula is C12H10ClNO3. The molecule has 0 aliphatic carbocycles. The van der Waals surface area contributed by atoms with Gasteiger partial charge in [0.05, 0.1) is 23.2 Å². The maximum Gasteiger partial charge on any atom is 0.231 e. The summed E-state index contributed by atoms with van der Waals surface area (Å²) in [5.74, 6) is 1.40. The van der Waals surface area contributed by atoms with E-state index < -0.39 is 0 Å². The lowest BCUT2D eigenvalue weighted by molar-refractivity contribution is 0.174. The number of hydrogen-bond donors (Lipinski definition) is 1. The third-order valence-corrected chi connectivity index (χ3v) is 2.84. The van der Waals surface area contributed by atoms with E-state index in [9.17, 15) is 0 Å². The van der Waals surface area contributed by atoms with Crippen molar-refractivity contribution in [2.24, 2.45) is 0 Å². The van der Waals surface area contributed by atoms with Crippen molar-refractivity contribution >= 4 is 17.3 Å². The number of nitrogens with one attached hydrogen (secondary N) is 1. The molecule has 1 aliphatic rings. The Morgan fingerprint density at radius 2 is 2.06 bits per heavy atom. The number of anilines is 1. The fourth-order valence-electron chi connectivity index (χ4n) is 1.64. The molecule has 0 bridgehead atoms. The zero-order valence-corrected chi connectivity index (χ0v) is 9.66. The van der Waals surface area contributed by atoms with Crippen LogP contribution in [0.1, 0.15) is 5.56 Å². The first-order valence-corrected chi connectivity index (χ1v) is 5.55. The van der Waals surface area contributed by atoms with Crippen molar-refractivity contribution in [2.75, 3.05) is 12.1 Å². The molecular weight excluding hydrogens is 242 g/mol. The van der Waals surface area contributed by atoms with E-state index >= 15 is 0 Å². The lowest BCUT2D eigenvalue weighted by Gasteiger charge is -2.08. The van der Waals surface area contributed by atoms with E-state index in [0.29, 0.717) is 23.1 Å². The first-order valence-electron chi connectivity index (χ1n) is 5.17. The highest BCUT2D eigenvalue weighted by molar-refractivity contribution is 6.33. The van der Waals surface area contributed by atoms with Gasteiger partial charge in [-0.2, -0.15) is 0 Å². The highest BCUT2D eigenvalue weighted by atomic mass is 35.5. The number of hydrogen-bond acceptors (Lipinski definition) is 4. The van der Waals surface area contributed by atoms with Gasteiger partial charge in [0.25, 0.3) is 0 Å². The summed E-state index contributed by atoms with van der Waals surface area (Å²) < 4.78 is 15.5. The summed E-state index contributed by atoms with van der Waals surface area (Å²) >= 11 is 6.13.